The summed E-state index contributed by atoms with van der Waals surface area (Å²) in [6.45, 7) is 3.45. The Bertz CT molecular complexity index is 1590. The molecule has 0 bridgehead atoms. The molecule has 37 heavy (non-hydrogen) atoms. The molecule has 1 aliphatic rings. The van der Waals surface area contributed by atoms with E-state index >= 15 is 0 Å². The Morgan fingerprint density at radius 3 is 2.32 bits per heavy atom. The second-order valence-corrected chi connectivity index (χ2v) is 9.52. The number of para-hydroxylation sites is 3. The van der Waals surface area contributed by atoms with Crippen LogP contribution in [0.25, 0.3) is 10.2 Å². The van der Waals surface area contributed by atoms with E-state index in [1.165, 1.54) is 12.1 Å². The Labute approximate surface area is 215 Å². The molecule has 4 aromatic rings. The van der Waals surface area contributed by atoms with Gasteiger partial charge in [-0.1, -0.05) is 42.5 Å². The average Bonchev–Trinajstić information content (AvgIpc) is 3.31. The topological polar surface area (TPSA) is 129 Å². The number of hydrazone groups is 1. The lowest BCUT2D eigenvalue weighted by Gasteiger charge is -2.30. The molecule has 5 rings (SSSR count). The molecular formula is C27H20N4O5S. The molecule has 3 aromatic carbocycles. The summed E-state index contributed by atoms with van der Waals surface area (Å²) in [5.74, 6) is -5.20. The van der Waals surface area contributed by atoms with Crippen molar-refractivity contribution < 1.29 is 24.3 Å². The molecule has 3 amide bonds. The van der Waals surface area contributed by atoms with Gasteiger partial charge in [0.2, 0.25) is 5.78 Å². The zero-order valence-corrected chi connectivity index (χ0v) is 20.6. The van der Waals surface area contributed by atoms with Crippen molar-refractivity contribution in [3.8, 4) is 5.75 Å². The maximum Gasteiger partial charge on any atom is 0.302 e. The quantitative estimate of drug-likeness (QED) is 0.244. The number of fused-ring (bicyclic) bond motifs is 1. The number of hydrogen-bond acceptors (Lipinski definition) is 8. The Kier molecular flexibility index (Phi) is 6.10. The standard InChI is InChI=1S/C27H20N4O5S/c1-14-8-7-9-15(2)22(14)31-26(35)21(29-30-24(34)16-10-3-5-12-18(16)32)20(23(33)27(31)36)25-28-17-11-4-6-13-19(17)37-25/h3-13,20,32H,1-2H3,(H,30,34)/b29-21+/t20-/m1/s1. The first kappa shape index (κ1) is 24.0. The third-order valence-corrected chi connectivity index (χ3v) is 7.12. The minimum Gasteiger partial charge on any atom is -0.507 e. The number of benzene rings is 3. The van der Waals surface area contributed by atoms with Crippen LogP contribution in [0.4, 0.5) is 5.69 Å². The van der Waals surface area contributed by atoms with Gasteiger partial charge >= 0.3 is 5.91 Å². The lowest BCUT2D eigenvalue weighted by Crippen LogP contribution is -2.55. The molecule has 1 aliphatic heterocycles. The van der Waals surface area contributed by atoms with Gasteiger partial charge in [-0.25, -0.2) is 15.3 Å². The highest BCUT2D eigenvalue weighted by molar-refractivity contribution is 7.19. The van der Waals surface area contributed by atoms with Crippen LogP contribution >= 0.6 is 11.3 Å². The third-order valence-electron chi connectivity index (χ3n) is 6.02. The molecule has 0 unspecified atom stereocenters. The number of aryl methyl sites for hydroxylation is 2. The molecule has 0 radical (unpaired) electrons. The maximum atomic E-state index is 13.8. The molecule has 10 heteroatoms. The van der Waals surface area contributed by atoms with E-state index in [2.05, 4.69) is 15.5 Å². The number of nitrogens with one attached hydrogen (secondary N) is 1. The lowest BCUT2D eigenvalue weighted by molar-refractivity contribution is -0.139. The maximum absolute atomic E-state index is 13.8. The fourth-order valence-corrected chi connectivity index (χ4v) is 5.31. The third kappa shape index (κ3) is 4.17. The summed E-state index contributed by atoms with van der Waals surface area (Å²) in [4.78, 5) is 58.7. The highest BCUT2D eigenvalue weighted by atomic mass is 32.1. The summed E-state index contributed by atoms with van der Waals surface area (Å²) in [7, 11) is 0. The zero-order valence-electron chi connectivity index (χ0n) is 19.8. The number of carbonyl (C=O) groups excluding carboxylic acids is 4. The van der Waals surface area contributed by atoms with E-state index < -0.39 is 29.4 Å². The van der Waals surface area contributed by atoms with Crippen LogP contribution < -0.4 is 10.3 Å². The predicted octanol–water partition coefficient (Wildman–Crippen LogP) is 3.63. The summed E-state index contributed by atoms with van der Waals surface area (Å²) in [6, 6.07) is 18.2. The Morgan fingerprint density at radius 2 is 1.62 bits per heavy atom. The van der Waals surface area contributed by atoms with Gasteiger partial charge in [-0.2, -0.15) is 5.10 Å². The van der Waals surface area contributed by atoms with Crippen molar-refractivity contribution in [2.24, 2.45) is 5.10 Å². The van der Waals surface area contributed by atoms with Gasteiger partial charge < -0.3 is 5.11 Å². The van der Waals surface area contributed by atoms with Crippen LogP contribution in [0.1, 0.15) is 32.4 Å². The van der Waals surface area contributed by atoms with E-state index in [9.17, 15) is 24.3 Å². The van der Waals surface area contributed by atoms with E-state index in [1.54, 1.807) is 56.3 Å². The number of phenolic OH excluding ortho intramolecular Hbond substituents is 1. The zero-order chi connectivity index (χ0) is 26.3. The van der Waals surface area contributed by atoms with Gasteiger partial charge in [0.15, 0.2) is 0 Å². The van der Waals surface area contributed by atoms with E-state index in [4.69, 9.17) is 0 Å². The van der Waals surface area contributed by atoms with E-state index in [-0.39, 0.29) is 27.7 Å². The predicted molar refractivity (Wildman–Crippen MR) is 139 cm³/mol. The Morgan fingerprint density at radius 1 is 0.946 bits per heavy atom. The molecule has 9 nitrogen and oxygen atoms in total. The van der Waals surface area contributed by atoms with Crippen molar-refractivity contribution in [3.63, 3.8) is 0 Å². The molecule has 184 valence electrons. The van der Waals surface area contributed by atoms with Crippen molar-refractivity contribution in [1.82, 2.24) is 10.4 Å². The van der Waals surface area contributed by atoms with Crippen molar-refractivity contribution in [2.45, 2.75) is 19.8 Å². The van der Waals surface area contributed by atoms with E-state index in [1.807, 2.05) is 12.1 Å². The smallest absolute Gasteiger partial charge is 0.302 e. The van der Waals surface area contributed by atoms with E-state index in [0.717, 1.165) is 20.9 Å². The van der Waals surface area contributed by atoms with Crippen LogP contribution in [0.15, 0.2) is 71.8 Å². The molecule has 0 aliphatic carbocycles. The summed E-state index contributed by atoms with van der Waals surface area (Å²) < 4.78 is 0.764. The fourth-order valence-electron chi connectivity index (χ4n) is 4.24. The van der Waals surface area contributed by atoms with Gasteiger partial charge in [0.05, 0.1) is 21.5 Å². The second kappa shape index (κ2) is 9.40. The molecule has 1 atom stereocenters. The van der Waals surface area contributed by atoms with Crippen LogP contribution in [0.2, 0.25) is 0 Å². The molecule has 1 saturated heterocycles. The molecule has 2 heterocycles. The minimum absolute atomic E-state index is 0.0688. The van der Waals surface area contributed by atoms with Gasteiger partial charge in [0.25, 0.3) is 11.8 Å². The number of thiazole rings is 1. The average molecular weight is 513 g/mol. The SMILES string of the molecule is Cc1cccc(C)c1N1C(=O)C(=O)[C@H](c2nc3ccccc3s2)/C(=N\NC(=O)c2ccccc2O)C1=O. The number of Topliss-reactive ketones (excluding diaryl/α,β-unsaturated/α-hetero) is 1. The Balaban J connectivity index is 1.63. The van der Waals surface area contributed by atoms with Crippen molar-refractivity contribution in [2.75, 3.05) is 4.90 Å². The van der Waals surface area contributed by atoms with Crippen LogP contribution in [-0.4, -0.2) is 39.3 Å². The highest BCUT2D eigenvalue weighted by Gasteiger charge is 2.49. The van der Waals surface area contributed by atoms with Gasteiger partial charge in [-0.15, -0.1) is 11.3 Å². The number of aromatic hydroxyl groups is 1. The second-order valence-electron chi connectivity index (χ2n) is 8.46. The Hall–Kier alpha value is -4.70. The largest absolute Gasteiger partial charge is 0.507 e. The first-order chi connectivity index (χ1) is 17.8. The number of carbonyl (C=O) groups is 4. The van der Waals surface area contributed by atoms with Crippen LogP contribution in [0.3, 0.4) is 0 Å². The molecular weight excluding hydrogens is 492 g/mol. The summed E-state index contributed by atoms with van der Waals surface area (Å²) in [6.07, 6.45) is 0. The molecule has 0 spiro atoms. The number of imide groups is 1. The van der Waals surface area contributed by atoms with Gasteiger partial charge in [0.1, 0.15) is 22.4 Å². The molecule has 0 saturated carbocycles. The number of nitrogens with zero attached hydrogens (tertiary/aromatic N) is 3. The van der Waals surface area contributed by atoms with Gasteiger partial charge in [-0.3, -0.25) is 19.2 Å². The van der Waals surface area contributed by atoms with Crippen LogP contribution in [0.5, 0.6) is 5.75 Å². The number of phenols is 1. The van der Waals surface area contributed by atoms with Crippen molar-refractivity contribution in [1.29, 1.82) is 0 Å². The molecule has 2 N–H and O–H groups in total. The van der Waals surface area contributed by atoms with Crippen LogP contribution in [-0.2, 0) is 14.4 Å². The normalized spacial score (nSPS) is 17.0. The fraction of sp³-hybridized carbons (Fsp3) is 0.111. The number of piperidine rings is 1. The number of ketones is 1. The molecule has 1 fully saturated rings. The van der Waals surface area contributed by atoms with E-state index in [0.29, 0.717) is 16.6 Å². The number of rotatable bonds is 4. The summed E-state index contributed by atoms with van der Waals surface area (Å²) >= 11 is 1.16. The van der Waals surface area contributed by atoms with Gasteiger partial charge in [0, 0.05) is 0 Å². The number of amides is 3. The van der Waals surface area contributed by atoms with Gasteiger partial charge in [-0.05, 0) is 49.2 Å². The monoisotopic (exact) mass is 512 g/mol. The summed E-state index contributed by atoms with van der Waals surface area (Å²) in [5, 5.41) is 14.3. The summed E-state index contributed by atoms with van der Waals surface area (Å²) in [5.41, 5.74) is 3.96. The van der Waals surface area contributed by atoms with Crippen molar-refractivity contribution in [3.05, 3.63) is 88.4 Å². The van der Waals surface area contributed by atoms with Crippen LogP contribution in [0, 0.1) is 13.8 Å². The number of aromatic nitrogens is 1. The minimum atomic E-state index is -1.40. The number of hydrogen-bond donors (Lipinski definition) is 2. The lowest BCUT2D eigenvalue weighted by atomic mass is 9.91. The highest BCUT2D eigenvalue weighted by Crippen LogP contribution is 2.35. The molecule has 1 aromatic heterocycles. The first-order valence-electron chi connectivity index (χ1n) is 11.3. The van der Waals surface area contributed by atoms with Crippen molar-refractivity contribution >= 4 is 56.5 Å². The first-order valence-corrected chi connectivity index (χ1v) is 12.1. The number of anilines is 1.